The highest BCUT2D eigenvalue weighted by Gasteiger charge is 2.42. The Kier molecular flexibility index (Phi) is 6.49. The summed E-state index contributed by atoms with van der Waals surface area (Å²) in [6.45, 7) is 5.57. The van der Waals surface area contributed by atoms with E-state index >= 15 is 0 Å². The van der Waals surface area contributed by atoms with Gasteiger partial charge in [-0.15, -0.1) is 0 Å². The maximum absolute atomic E-state index is 13.7. The summed E-state index contributed by atoms with van der Waals surface area (Å²) < 4.78 is 21.7. The molecule has 36 heavy (non-hydrogen) atoms. The number of allylic oxidation sites excluding steroid dienone is 3. The fourth-order valence-electron chi connectivity index (χ4n) is 5.10. The molecule has 1 N–H and O–H groups in total. The molecule has 1 aliphatic carbocycles. The Hall–Kier alpha value is -3.71. The van der Waals surface area contributed by atoms with Gasteiger partial charge >= 0.3 is 5.97 Å². The first-order valence-corrected chi connectivity index (χ1v) is 12.0. The highest BCUT2D eigenvalue weighted by atomic mass is 35.5. The largest absolute Gasteiger partial charge is 0.497 e. The van der Waals surface area contributed by atoms with Gasteiger partial charge in [-0.05, 0) is 48.6 Å². The number of fused-ring (bicyclic) bond motifs is 1. The maximum Gasteiger partial charge on any atom is 0.337 e. The van der Waals surface area contributed by atoms with Gasteiger partial charge in [0, 0.05) is 40.4 Å². The van der Waals surface area contributed by atoms with Crippen molar-refractivity contribution in [1.82, 2.24) is 5.32 Å². The second-order valence-corrected chi connectivity index (χ2v) is 9.31. The van der Waals surface area contributed by atoms with Gasteiger partial charge < -0.3 is 24.3 Å². The number of methoxy groups -OCH3 is 1. The van der Waals surface area contributed by atoms with Crippen molar-refractivity contribution in [3.05, 3.63) is 87.7 Å². The molecule has 0 saturated carbocycles. The highest BCUT2D eigenvalue weighted by molar-refractivity contribution is 6.32. The number of ether oxygens (including phenoxy) is 4. The number of benzene rings is 2. The van der Waals surface area contributed by atoms with Crippen molar-refractivity contribution in [2.75, 3.05) is 20.5 Å². The monoisotopic (exact) mass is 507 g/mol. The Bertz CT molecular complexity index is 1310. The molecule has 2 aromatic rings. The highest BCUT2D eigenvalue weighted by Crippen LogP contribution is 2.49. The van der Waals surface area contributed by atoms with Crippen molar-refractivity contribution in [1.29, 1.82) is 0 Å². The summed E-state index contributed by atoms with van der Waals surface area (Å²) in [5, 5.41) is 3.72. The van der Waals surface area contributed by atoms with Gasteiger partial charge in [-0.2, -0.15) is 0 Å². The molecule has 2 aliphatic heterocycles. The van der Waals surface area contributed by atoms with Crippen LogP contribution >= 0.6 is 11.6 Å². The molecule has 3 aliphatic rings. The van der Waals surface area contributed by atoms with Crippen molar-refractivity contribution < 1.29 is 28.5 Å². The number of nitrogens with one attached hydrogen (secondary N) is 1. The Morgan fingerprint density at radius 3 is 2.61 bits per heavy atom. The van der Waals surface area contributed by atoms with E-state index in [1.54, 1.807) is 19.2 Å². The number of hydrogen-bond donors (Lipinski definition) is 1. The molecule has 0 aromatic heterocycles. The third-order valence-electron chi connectivity index (χ3n) is 6.77. The first-order valence-electron chi connectivity index (χ1n) is 11.7. The quantitative estimate of drug-likeness (QED) is 0.426. The van der Waals surface area contributed by atoms with Gasteiger partial charge in [-0.1, -0.05) is 36.4 Å². The van der Waals surface area contributed by atoms with Crippen molar-refractivity contribution in [3.63, 3.8) is 0 Å². The van der Waals surface area contributed by atoms with E-state index in [2.05, 4.69) is 11.9 Å². The smallest absolute Gasteiger partial charge is 0.337 e. The van der Waals surface area contributed by atoms with E-state index in [1.807, 2.05) is 31.2 Å². The predicted octanol–water partition coefficient (Wildman–Crippen LogP) is 5.17. The lowest BCUT2D eigenvalue weighted by Crippen LogP contribution is -2.36. The minimum Gasteiger partial charge on any atom is -0.497 e. The zero-order valence-electron chi connectivity index (χ0n) is 20.1. The van der Waals surface area contributed by atoms with Crippen LogP contribution in [0.25, 0.3) is 0 Å². The molecule has 0 bridgehead atoms. The molecule has 2 atom stereocenters. The first-order chi connectivity index (χ1) is 17.4. The second-order valence-electron chi connectivity index (χ2n) is 8.90. The molecule has 2 unspecified atom stereocenters. The Labute approximate surface area is 214 Å². The summed E-state index contributed by atoms with van der Waals surface area (Å²) in [5.41, 5.74) is 3.90. The maximum atomic E-state index is 13.7. The Morgan fingerprint density at radius 2 is 1.92 bits per heavy atom. The molecule has 0 amide bonds. The molecule has 7 nitrogen and oxygen atoms in total. The van der Waals surface area contributed by atoms with Crippen LogP contribution < -0.4 is 19.5 Å². The number of carbonyl (C=O) groups excluding carboxylic acids is 2. The van der Waals surface area contributed by atoms with Crippen LogP contribution in [0.1, 0.15) is 42.7 Å². The summed E-state index contributed by atoms with van der Waals surface area (Å²) in [4.78, 5) is 27.0. The number of Topliss-reactive ketones (excluding diaryl/α,β-unsaturated/α-hetero) is 1. The number of halogens is 1. The fourth-order valence-corrected chi connectivity index (χ4v) is 5.36. The summed E-state index contributed by atoms with van der Waals surface area (Å²) in [7, 11) is 1.62. The number of esters is 1. The van der Waals surface area contributed by atoms with E-state index in [1.165, 1.54) is 6.08 Å². The summed E-state index contributed by atoms with van der Waals surface area (Å²) in [5.74, 6) is 0.508. The van der Waals surface area contributed by atoms with Crippen LogP contribution in [0, 0.1) is 0 Å². The second kappa shape index (κ2) is 9.74. The lowest BCUT2D eigenvalue weighted by Gasteiger charge is -2.37. The van der Waals surface area contributed by atoms with Crippen LogP contribution in [0.4, 0.5) is 0 Å². The molecule has 2 heterocycles. The summed E-state index contributed by atoms with van der Waals surface area (Å²) in [6.07, 6.45) is 2.42. The molecule has 0 fully saturated rings. The molecule has 0 saturated heterocycles. The van der Waals surface area contributed by atoms with Crippen molar-refractivity contribution >= 4 is 23.4 Å². The van der Waals surface area contributed by atoms with Gasteiger partial charge in [0.15, 0.2) is 17.3 Å². The molecule has 2 aromatic carbocycles. The topological polar surface area (TPSA) is 83.1 Å². The van der Waals surface area contributed by atoms with Gasteiger partial charge in [0.05, 0.1) is 12.7 Å². The minimum atomic E-state index is -0.704. The molecule has 0 radical (unpaired) electrons. The fraction of sp³-hybridized carbons (Fsp3) is 0.286. The van der Waals surface area contributed by atoms with Crippen LogP contribution in [-0.2, 0) is 14.3 Å². The third kappa shape index (κ3) is 4.24. The van der Waals surface area contributed by atoms with Gasteiger partial charge in [-0.25, -0.2) is 4.79 Å². The van der Waals surface area contributed by atoms with E-state index in [-0.39, 0.29) is 25.1 Å². The number of dihydropyridines is 1. The van der Waals surface area contributed by atoms with Crippen molar-refractivity contribution in [2.24, 2.45) is 0 Å². The molecular weight excluding hydrogens is 482 g/mol. The lowest BCUT2D eigenvalue weighted by atomic mass is 9.71. The Balaban J connectivity index is 1.59. The molecule has 8 heteroatoms. The van der Waals surface area contributed by atoms with Gasteiger partial charge in [0.25, 0.3) is 0 Å². The van der Waals surface area contributed by atoms with Crippen molar-refractivity contribution in [2.45, 2.75) is 31.6 Å². The van der Waals surface area contributed by atoms with E-state index in [0.717, 1.165) is 17.0 Å². The van der Waals surface area contributed by atoms with E-state index in [9.17, 15) is 9.59 Å². The summed E-state index contributed by atoms with van der Waals surface area (Å²) in [6, 6.07) is 11.2. The number of ketones is 1. The average Bonchev–Trinajstić information content (AvgIpc) is 3.33. The van der Waals surface area contributed by atoms with Crippen LogP contribution in [0.3, 0.4) is 0 Å². The zero-order chi connectivity index (χ0) is 25.4. The predicted molar refractivity (Wildman–Crippen MR) is 134 cm³/mol. The van der Waals surface area contributed by atoms with E-state index in [4.69, 9.17) is 30.5 Å². The Morgan fingerprint density at radius 1 is 1.19 bits per heavy atom. The van der Waals surface area contributed by atoms with Gasteiger partial charge in [0.2, 0.25) is 6.79 Å². The SMILES string of the molecule is C=CCOC(=O)C1=C(C)NC2=C(C(=O)CC(c3ccc(OC)cc3)C2)C1c1cc2c(cc1Cl)OCO2. The van der Waals surface area contributed by atoms with Crippen LogP contribution in [0.2, 0.25) is 5.02 Å². The minimum absolute atomic E-state index is 0.00963. The van der Waals surface area contributed by atoms with Crippen LogP contribution in [-0.4, -0.2) is 32.3 Å². The van der Waals surface area contributed by atoms with Gasteiger partial charge in [-0.3, -0.25) is 4.79 Å². The molecule has 186 valence electrons. The lowest BCUT2D eigenvalue weighted by molar-refractivity contribution is -0.138. The molecule has 0 spiro atoms. The zero-order valence-corrected chi connectivity index (χ0v) is 20.8. The molecule has 5 rings (SSSR count). The number of rotatable bonds is 6. The summed E-state index contributed by atoms with van der Waals surface area (Å²) >= 11 is 6.70. The van der Waals surface area contributed by atoms with Crippen molar-refractivity contribution in [3.8, 4) is 17.2 Å². The average molecular weight is 508 g/mol. The normalized spacial score (nSPS) is 20.6. The number of hydrogen-bond acceptors (Lipinski definition) is 7. The van der Waals surface area contributed by atoms with E-state index in [0.29, 0.717) is 51.8 Å². The van der Waals surface area contributed by atoms with Crippen LogP contribution in [0.5, 0.6) is 17.2 Å². The standard InChI is InChI=1S/C28H26ClNO6/c1-4-9-34-28(32)25-15(2)30-21-10-17(16-5-7-18(33-3)8-6-16)11-22(31)27(21)26(25)19-12-23-24(13-20(19)29)36-14-35-23/h4-8,12-13,17,26,30H,1,9-11,14H2,2-3H3. The van der Waals surface area contributed by atoms with Gasteiger partial charge in [0.1, 0.15) is 12.4 Å². The number of carbonyl (C=O) groups is 2. The first kappa shape index (κ1) is 24.0. The van der Waals surface area contributed by atoms with E-state index < -0.39 is 11.9 Å². The third-order valence-corrected chi connectivity index (χ3v) is 7.10. The molecular formula is C28H26ClNO6. The van der Waals surface area contributed by atoms with Crippen LogP contribution in [0.15, 0.2) is 71.6 Å².